The van der Waals surface area contributed by atoms with Gasteiger partial charge in [-0.1, -0.05) is 0 Å². The van der Waals surface area contributed by atoms with Gasteiger partial charge >= 0.3 is 17.8 Å². The molecule has 0 spiro atoms. The van der Waals surface area contributed by atoms with Crippen LogP contribution in [0, 0.1) is 5.82 Å². The maximum atomic E-state index is 12.9. The first-order valence-corrected chi connectivity index (χ1v) is 7.55. The van der Waals surface area contributed by atoms with E-state index in [-0.39, 0.29) is 11.3 Å². The minimum Gasteiger partial charge on any atom is -0.497 e. The zero-order valence-electron chi connectivity index (χ0n) is 13.6. The van der Waals surface area contributed by atoms with E-state index in [4.69, 9.17) is 4.74 Å². The van der Waals surface area contributed by atoms with Crippen molar-refractivity contribution in [2.45, 2.75) is 0 Å². The molecule has 0 aromatic heterocycles. The Labute approximate surface area is 147 Å². The van der Waals surface area contributed by atoms with Gasteiger partial charge in [-0.25, -0.2) is 19.0 Å². The zero-order valence-corrected chi connectivity index (χ0v) is 13.6. The second kappa shape index (κ2) is 6.75. The average Bonchev–Trinajstić information content (AvgIpc) is 2.86. The van der Waals surface area contributed by atoms with E-state index < -0.39 is 36.0 Å². The summed E-state index contributed by atoms with van der Waals surface area (Å²) < 4.78 is 17.9. The van der Waals surface area contributed by atoms with E-state index >= 15 is 0 Å². The van der Waals surface area contributed by atoms with Crippen molar-refractivity contribution >= 4 is 29.3 Å². The maximum Gasteiger partial charge on any atom is 0.339 e. The Morgan fingerprint density at radius 1 is 0.962 bits per heavy atom. The van der Waals surface area contributed by atoms with E-state index in [0.717, 1.165) is 12.1 Å². The number of urea groups is 1. The van der Waals surface area contributed by atoms with Crippen LogP contribution < -0.4 is 9.64 Å². The molecular weight excluding hydrogens is 343 g/mol. The fraction of sp³-hybridized carbons (Fsp3) is 0.111. The highest BCUT2D eigenvalue weighted by Gasteiger charge is 2.46. The molecule has 0 N–H and O–H groups in total. The third-order valence-corrected chi connectivity index (χ3v) is 3.85. The van der Waals surface area contributed by atoms with Crippen LogP contribution in [0.25, 0.3) is 0 Å². The van der Waals surface area contributed by atoms with Crippen LogP contribution in [-0.2, 0) is 9.59 Å². The van der Waals surface area contributed by atoms with Crippen LogP contribution in [0.1, 0.15) is 10.4 Å². The Hall–Kier alpha value is -3.55. The number of methoxy groups -OCH3 is 1. The second-order valence-corrected chi connectivity index (χ2v) is 5.44. The predicted octanol–water partition coefficient (Wildman–Crippen LogP) is 2.01. The number of amides is 4. The lowest BCUT2D eigenvalue weighted by molar-refractivity contribution is -0.139. The second-order valence-electron chi connectivity index (χ2n) is 5.44. The van der Waals surface area contributed by atoms with E-state index in [1.165, 1.54) is 43.5 Å². The largest absolute Gasteiger partial charge is 0.497 e. The van der Waals surface area contributed by atoms with Crippen LogP contribution >= 0.6 is 0 Å². The van der Waals surface area contributed by atoms with Crippen LogP contribution in [0.15, 0.2) is 48.5 Å². The Morgan fingerprint density at radius 3 is 2.15 bits per heavy atom. The predicted molar refractivity (Wildman–Crippen MR) is 88.3 cm³/mol. The van der Waals surface area contributed by atoms with Gasteiger partial charge in [-0.2, -0.15) is 0 Å². The van der Waals surface area contributed by atoms with Crippen LogP contribution in [-0.4, -0.2) is 42.2 Å². The van der Waals surface area contributed by atoms with Crippen LogP contribution in [0.5, 0.6) is 5.75 Å². The van der Waals surface area contributed by atoms with Gasteiger partial charge in [0, 0.05) is 5.56 Å². The van der Waals surface area contributed by atoms with E-state index in [0.29, 0.717) is 15.5 Å². The molecular formula is C18H13FN2O5. The number of carbonyl (C=O) groups is 4. The van der Waals surface area contributed by atoms with Crippen molar-refractivity contribution in [1.82, 2.24) is 4.90 Å². The highest BCUT2D eigenvalue weighted by atomic mass is 19.1. The Morgan fingerprint density at radius 2 is 1.58 bits per heavy atom. The summed E-state index contributed by atoms with van der Waals surface area (Å²) in [6, 6.07) is 9.73. The first-order valence-electron chi connectivity index (χ1n) is 7.55. The van der Waals surface area contributed by atoms with Gasteiger partial charge in [-0.15, -0.1) is 0 Å². The quantitative estimate of drug-likeness (QED) is 0.465. The van der Waals surface area contributed by atoms with Gasteiger partial charge in [0.25, 0.3) is 0 Å². The third-order valence-electron chi connectivity index (χ3n) is 3.85. The Kier molecular flexibility index (Phi) is 4.49. The molecule has 2 aromatic carbocycles. The number of ketones is 1. The summed E-state index contributed by atoms with van der Waals surface area (Å²) in [5.74, 6) is -2.73. The average molecular weight is 356 g/mol. The molecule has 1 aliphatic rings. The van der Waals surface area contributed by atoms with Gasteiger partial charge < -0.3 is 4.74 Å². The molecule has 7 nitrogen and oxygen atoms in total. The van der Waals surface area contributed by atoms with Gasteiger partial charge in [0.05, 0.1) is 19.3 Å². The number of hydrogen-bond acceptors (Lipinski definition) is 5. The lowest BCUT2D eigenvalue weighted by Crippen LogP contribution is -2.37. The van der Waals surface area contributed by atoms with E-state index in [1.54, 1.807) is 0 Å². The van der Waals surface area contributed by atoms with Gasteiger partial charge in [-0.3, -0.25) is 14.4 Å². The van der Waals surface area contributed by atoms with Gasteiger partial charge in [0.1, 0.15) is 11.6 Å². The molecule has 0 aliphatic carbocycles. The van der Waals surface area contributed by atoms with Crippen molar-refractivity contribution in [1.29, 1.82) is 0 Å². The monoisotopic (exact) mass is 356 g/mol. The lowest BCUT2D eigenvalue weighted by atomic mass is 10.1. The summed E-state index contributed by atoms with van der Waals surface area (Å²) in [6.07, 6.45) is 0. The van der Waals surface area contributed by atoms with Gasteiger partial charge in [0.15, 0.2) is 5.78 Å². The number of anilines is 1. The number of hydrogen-bond donors (Lipinski definition) is 0. The summed E-state index contributed by atoms with van der Waals surface area (Å²) in [5, 5.41) is 0. The number of halogens is 1. The fourth-order valence-corrected chi connectivity index (χ4v) is 2.47. The van der Waals surface area contributed by atoms with E-state index in [1.807, 2.05) is 0 Å². The maximum absolute atomic E-state index is 12.9. The number of ether oxygens (including phenoxy) is 1. The van der Waals surface area contributed by atoms with Crippen LogP contribution in [0.4, 0.5) is 14.9 Å². The molecule has 0 bridgehead atoms. The van der Waals surface area contributed by atoms with Crippen molar-refractivity contribution in [3.8, 4) is 5.75 Å². The summed E-state index contributed by atoms with van der Waals surface area (Å²) in [6.45, 7) is -0.609. The van der Waals surface area contributed by atoms with Gasteiger partial charge in [0.2, 0.25) is 0 Å². The molecule has 1 saturated heterocycles. The number of carbonyl (C=O) groups excluding carboxylic acids is 4. The fourth-order valence-electron chi connectivity index (χ4n) is 2.47. The highest BCUT2D eigenvalue weighted by Crippen LogP contribution is 2.24. The molecule has 132 valence electrons. The van der Waals surface area contributed by atoms with Crippen molar-refractivity contribution in [3.05, 3.63) is 59.9 Å². The van der Waals surface area contributed by atoms with Crippen molar-refractivity contribution in [3.63, 3.8) is 0 Å². The number of Topliss-reactive ketones (excluding diaryl/α,β-unsaturated/α-hetero) is 1. The normalized spacial score (nSPS) is 14.2. The third kappa shape index (κ3) is 3.04. The molecule has 1 aliphatic heterocycles. The summed E-state index contributed by atoms with van der Waals surface area (Å²) in [4.78, 5) is 50.2. The number of rotatable bonds is 5. The molecule has 0 atom stereocenters. The first-order chi connectivity index (χ1) is 12.4. The minimum atomic E-state index is -1.10. The molecule has 3 rings (SSSR count). The highest BCUT2D eigenvalue weighted by molar-refractivity contribution is 6.53. The first kappa shape index (κ1) is 17.3. The Bertz CT molecular complexity index is 893. The summed E-state index contributed by atoms with van der Waals surface area (Å²) in [5.41, 5.74) is 0.313. The van der Waals surface area contributed by atoms with E-state index in [9.17, 15) is 23.6 Å². The SMILES string of the molecule is COc1ccc(N2C(=O)C(=O)N(CC(=O)c3ccc(F)cc3)C2=O)cc1. The standard InChI is InChI=1S/C18H13FN2O5/c1-26-14-8-6-13(7-9-14)21-17(24)16(23)20(18(21)25)10-15(22)11-2-4-12(19)5-3-11/h2-9H,10H2,1H3. The van der Waals surface area contributed by atoms with Crippen molar-refractivity contribution in [2.24, 2.45) is 0 Å². The molecule has 1 heterocycles. The van der Waals surface area contributed by atoms with Gasteiger partial charge in [-0.05, 0) is 48.5 Å². The molecule has 0 saturated carbocycles. The topological polar surface area (TPSA) is 84.0 Å². The number of benzene rings is 2. The number of imide groups is 2. The van der Waals surface area contributed by atoms with Crippen molar-refractivity contribution < 1.29 is 28.3 Å². The lowest BCUT2D eigenvalue weighted by Gasteiger charge is -2.15. The molecule has 1 fully saturated rings. The number of nitrogens with zero attached hydrogens (tertiary/aromatic N) is 2. The van der Waals surface area contributed by atoms with Crippen molar-refractivity contribution in [2.75, 3.05) is 18.6 Å². The Balaban J connectivity index is 1.81. The summed E-state index contributed by atoms with van der Waals surface area (Å²) >= 11 is 0. The minimum absolute atomic E-state index is 0.127. The zero-order chi connectivity index (χ0) is 18.8. The smallest absolute Gasteiger partial charge is 0.339 e. The molecule has 0 radical (unpaired) electrons. The molecule has 4 amide bonds. The van der Waals surface area contributed by atoms with E-state index in [2.05, 4.69) is 0 Å². The van der Waals surface area contributed by atoms with Crippen LogP contribution in [0.2, 0.25) is 0 Å². The van der Waals surface area contributed by atoms with Crippen LogP contribution in [0.3, 0.4) is 0 Å². The molecule has 0 unspecified atom stereocenters. The summed E-state index contributed by atoms with van der Waals surface area (Å²) in [7, 11) is 1.47. The molecule has 26 heavy (non-hydrogen) atoms. The molecule has 8 heteroatoms. The molecule has 2 aromatic rings.